The van der Waals surface area contributed by atoms with Crippen LogP contribution in [0.3, 0.4) is 0 Å². The lowest BCUT2D eigenvalue weighted by Crippen LogP contribution is -2.35. The van der Waals surface area contributed by atoms with E-state index in [4.69, 9.17) is 9.47 Å². The van der Waals surface area contributed by atoms with E-state index in [0.717, 1.165) is 68.2 Å². The molecule has 3 aromatic carbocycles. The first-order valence-electron chi connectivity index (χ1n) is 12.7. The van der Waals surface area contributed by atoms with E-state index in [1.807, 2.05) is 36.4 Å². The lowest BCUT2D eigenvalue weighted by Gasteiger charge is -2.27. The van der Waals surface area contributed by atoms with E-state index in [1.165, 1.54) is 6.07 Å². The fraction of sp³-hybridized carbons (Fsp3) is 0.393. The number of nitro benzene ring substituents is 1. The van der Waals surface area contributed by atoms with Gasteiger partial charge in [-0.05, 0) is 41.8 Å². The number of benzene rings is 3. The zero-order chi connectivity index (χ0) is 24.9. The van der Waals surface area contributed by atoms with E-state index < -0.39 is 10.9 Å². The average Bonchev–Trinajstić information content (AvgIpc) is 3.20. The van der Waals surface area contributed by atoms with Gasteiger partial charge in [0.2, 0.25) is 0 Å². The molecule has 2 fully saturated rings. The number of carbonyl (C=O) groups excluding carboxylic acids is 1. The van der Waals surface area contributed by atoms with Crippen molar-refractivity contribution in [2.24, 2.45) is 0 Å². The van der Waals surface area contributed by atoms with Crippen molar-refractivity contribution in [1.29, 1.82) is 0 Å². The van der Waals surface area contributed by atoms with E-state index in [9.17, 15) is 14.9 Å². The Kier molecular flexibility index (Phi) is 7.44. The van der Waals surface area contributed by atoms with Gasteiger partial charge >= 0.3 is 5.97 Å². The highest BCUT2D eigenvalue weighted by molar-refractivity contribution is 5.94. The van der Waals surface area contributed by atoms with E-state index in [2.05, 4.69) is 9.80 Å². The van der Waals surface area contributed by atoms with Gasteiger partial charge in [0.05, 0.1) is 23.7 Å². The number of hydrogen-bond donors (Lipinski definition) is 0. The van der Waals surface area contributed by atoms with Crippen LogP contribution in [0.25, 0.3) is 10.8 Å². The molecular formula is C28H31N3O5. The molecular weight excluding hydrogens is 458 g/mol. The van der Waals surface area contributed by atoms with Crippen molar-refractivity contribution in [2.75, 3.05) is 44.3 Å². The summed E-state index contributed by atoms with van der Waals surface area (Å²) in [5, 5.41) is 14.0. The predicted molar refractivity (Wildman–Crippen MR) is 139 cm³/mol. The number of fused-ring (bicyclic) bond motifs is 1. The first-order valence-corrected chi connectivity index (χ1v) is 12.7. The van der Waals surface area contributed by atoms with Crippen LogP contribution >= 0.6 is 0 Å². The number of anilines is 1. The number of rotatable bonds is 6. The Morgan fingerprint density at radius 2 is 1.69 bits per heavy atom. The summed E-state index contributed by atoms with van der Waals surface area (Å²) in [6.45, 7) is 5.15. The third kappa shape index (κ3) is 5.34. The Labute approximate surface area is 210 Å². The first kappa shape index (κ1) is 24.2. The van der Waals surface area contributed by atoms with Crippen LogP contribution in [0.15, 0.2) is 54.6 Å². The summed E-state index contributed by atoms with van der Waals surface area (Å²) in [4.78, 5) is 29.1. The molecule has 0 spiro atoms. The molecule has 2 saturated heterocycles. The minimum Gasteiger partial charge on any atom is -0.423 e. The third-order valence-corrected chi connectivity index (χ3v) is 7.04. The van der Waals surface area contributed by atoms with Gasteiger partial charge in [-0.25, -0.2) is 4.79 Å². The Bertz CT molecular complexity index is 1250. The molecule has 8 nitrogen and oxygen atoms in total. The molecule has 0 amide bonds. The molecule has 0 aromatic heterocycles. The van der Waals surface area contributed by atoms with Crippen molar-refractivity contribution in [3.63, 3.8) is 0 Å². The highest BCUT2D eigenvalue weighted by atomic mass is 16.6. The zero-order valence-corrected chi connectivity index (χ0v) is 20.4. The average molecular weight is 490 g/mol. The maximum atomic E-state index is 13.2. The molecule has 0 unspecified atom stereocenters. The molecule has 2 aliphatic rings. The van der Waals surface area contributed by atoms with Crippen LogP contribution < -0.4 is 9.64 Å². The number of esters is 1. The first-order chi connectivity index (χ1) is 17.6. The molecule has 3 aromatic rings. The minimum absolute atomic E-state index is 0.0570. The second-order valence-corrected chi connectivity index (χ2v) is 9.40. The SMILES string of the molecule is O=C(Oc1ccc2ccccc2c1CN1CCOCC1)c1ccc(N2CCCCCC2)c([N+](=O)[O-])c1. The topological polar surface area (TPSA) is 85.1 Å². The number of carbonyl (C=O) groups is 1. The van der Waals surface area contributed by atoms with Gasteiger partial charge in [0, 0.05) is 44.4 Å². The maximum absolute atomic E-state index is 13.2. The Balaban J connectivity index is 1.44. The highest BCUT2D eigenvalue weighted by Gasteiger charge is 2.24. The third-order valence-electron chi connectivity index (χ3n) is 7.04. The largest absolute Gasteiger partial charge is 0.423 e. The zero-order valence-electron chi connectivity index (χ0n) is 20.4. The van der Waals surface area contributed by atoms with Crippen molar-refractivity contribution in [1.82, 2.24) is 4.90 Å². The van der Waals surface area contributed by atoms with Gasteiger partial charge in [0.25, 0.3) is 5.69 Å². The van der Waals surface area contributed by atoms with Gasteiger partial charge in [0.1, 0.15) is 11.4 Å². The molecule has 188 valence electrons. The van der Waals surface area contributed by atoms with Gasteiger partial charge in [-0.3, -0.25) is 15.0 Å². The standard InChI is InChI=1S/C28H31N3O5/c32-28(22-9-11-25(26(19-22)31(33)34)30-13-5-1-2-6-14-30)36-27-12-10-21-7-3-4-8-23(21)24(27)20-29-15-17-35-18-16-29/h3-4,7-12,19H,1-2,5-6,13-18,20H2. The van der Waals surface area contributed by atoms with E-state index in [0.29, 0.717) is 31.2 Å². The van der Waals surface area contributed by atoms with Gasteiger partial charge in [-0.1, -0.05) is 43.2 Å². The van der Waals surface area contributed by atoms with Gasteiger partial charge in [-0.2, -0.15) is 0 Å². The summed E-state index contributed by atoms with van der Waals surface area (Å²) in [6.07, 6.45) is 4.28. The van der Waals surface area contributed by atoms with Gasteiger partial charge < -0.3 is 14.4 Å². The number of nitro groups is 1. The second-order valence-electron chi connectivity index (χ2n) is 9.40. The number of hydrogen-bond acceptors (Lipinski definition) is 7. The lowest BCUT2D eigenvalue weighted by atomic mass is 10.0. The molecule has 8 heteroatoms. The predicted octanol–water partition coefficient (Wildman–Crippen LogP) is 5.18. The van der Waals surface area contributed by atoms with Crippen LogP contribution in [0.2, 0.25) is 0 Å². The highest BCUT2D eigenvalue weighted by Crippen LogP contribution is 2.33. The summed E-state index contributed by atoms with van der Waals surface area (Å²) in [5.41, 5.74) is 1.61. The van der Waals surface area contributed by atoms with Crippen molar-refractivity contribution in [3.8, 4) is 5.75 Å². The van der Waals surface area contributed by atoms with Crippen molar-refractivity contribution in [2.45, 2.75) is 32.2 Å². The van der Waals surface area contributed by atoms with Crippen molar-refractivity contribution in [3.05, 3.63) is 75.8 Å². The Morgan fingerprint density at radius 1 is 0.944 bits per heavy atom. The molecule has 0 N–H and O–H groups in total. The summed E-state index contributed by atoms with van der Waals surface area (Å²) in [6, 6.07) is 16.5. The minimum atomic E-state index is -0.598. The molecule has 0 atom stereocenters. The molecule has 0 aliphatic carbocycles. The lowest BCUT2D eigenvalue weighted by molar-refractivity contribution is -0.384. The molecule has 0 saturated carbocycles. The van der Waals surface area contributed by atoms with Crippen molar-refractivity contribution >= 4 is 28.1 Å². The summed E-state index contributed by atoms with van der Waals surface area (Å²) < 4.78 is 11.4. The maximum Gasteiger partial charge on any atom is 0.343 e. The second kappa shape index (κ2) is 11.1. The van der Waals surface area contributed by atoms with Gasteiger partial charge in [0.15, 0.2) is 0 Å². The summed E-state index contributed by atoms with van der Waals surface area (Å²) >= 11 is 0. The molecule has 2 heterocycles. The van der Waals surface area contributed by atoms with Crippen LogP contribution in [-0.4, -0.2) is 55.2 Å². The fourth-order valence-electron chi connectivity index (χ4n) is 5.09. The number of nitrogens with zero attached hydrogens (tertiary/aromatic N) is 3. The number of morpholine rings is 1. The monoisotopic (exact) mass is 489 g/mol. The smallest absolute Gasteiger partial charge is 0.343 e. The van der Waals surface area contributed by atoms with Crippen LogP contribution in [0.5, 0.6) is 5.75 Å². The van der Waals surface area contributed by atoms with Crippen LogP contribution in [0.1, 0.15) is 41.6 Å². The molecule has 0 radical (unpaired) electrons. The summed E-state index contributed by atoms with van der Waals surface area (Å²) in [5.74, 6) is -0.122. The number of ether oxygens (including phenoxy) is 2. The van der Waals surface area contributed by atoms with Crippen molar-refractivity contribution < 1.29 is 19.2 Å². The van der Waals surface area contributed by atoms with Crippen LogP contribution in [0.4, 0.5) is 11.4 Å². The van der Waals surface area contributed by atoms with Gasteiger partial charge in [-0.15, -0.1) is 0 Å². The Morgan fingerprint density at radius 3 is 2.44 bits per heavy atom. The molecule has 36 heavy (non-hydrogen) atoms. The summed E-state index contributed by atoms with van der Waals surface area (Å²) in [7, 11) is 0. The quantitative estimate of drug-likeness (QED) is 0.204. The van der Waals surface area contributed by atoms with E-state index in [-0.39, 0.29) is 11.3 Å². The normalized spacial score (nSPS) is 17.1. The van der Waals surface area contributed by atoms with Crippen LogP contribution in [0, 0.1) is 10.1 Å². The van der Waals surface area contributed by atoms with Crippen LogP contribution in [-0.2, 0) is 11.3 Å². The van der Waals surface area contributed by atoms with E-state index >= 15 is 0 Å². The van der Waals surface area contributed by atoms with E-state index in [1.54, 1.807) is 12.1 Å². The Hall–Kier alpha value is -3.49. The molecule has 2 aliphatic heterocycles. The fourth-order valence-corrected chi connectivity index (χ4v) is 5.09. The molecule has 0 bridgehead atoms. The molecule has 5 rings (SSSR count).